The monoisotopic (exact) mass is 302 g/mol. The van der Waals surface area contributed by atoms with Crippen LogP contribution < -0.4 is 10.2 Å². The lowest BCUT2D eigenvalue weighted by Gasteiger charge is -2.19. The Bertz CT molecular complexity index is 525. The van der Waals surface area contributed by atoms with Crippen molar-refractivity contribution in [2.45, 2.75) is 19.3 Å². The number of thiophene rings is 1. The molecule has 3 nitrogen and oxygen atoms in total. The molecule has 1 heterocycles. The van der Waals surface area contributed by atoms with Crippen molar-refractivity contribution in [3.05, 3.63) is 52.7 Å². The van der Waals surface area contributed by atoms with Crippen LogP contribution in [0, 0.1) is 0 Å². The highest BCUT2D eigenvalue weighted by Crippen LogP contribution is 2.12. The van der Waals surface area contributed by atoms with Gasteiger partial charge in [-0.25, -0.2) is 0 Å². The maximum absolute atomic E-state index is 11.8. The lowest BCUT2D eigenvalue weighted by Crippen LogP contribution is -2.32. The number of aryl methyl sites for hydroxylation is 1. The van der Waals surface area contributed by atoms with Crippen LogP contribution in [0.3, 0.4) is 0 Å². The number of anilines is 1. The molecule has 0 fully saturated rings. The van der Waals surface area contributed by atoms with Crippen LogP contribution in [0.1, 0.15) is 17.7 Å². The summed E-state index contributed by atoms with van der Waals surface area (Å²) in [5.74, 6) is 0.146. The molecule has 0 saturated carbocycles. The molecular formula is C17H22N2OS. The Morgan fingerprint density at radius 1 is 1.19 bits per heavy atom. The molecule has 1 amide bonds. The van der Waals surface area contributed by atoms with Gasteiger partial charge in [-0.15, -0.1) is 11.3 Å². The van der Waals surface area contributed by atoms with Crippen molar-refractivity contribution in [3.63, 3.8) is 0 Å². The Labute approximate surface area is 130 Å². The summed E-state index contributed by atoms with van der Waals surface area (Å²) < 4.78 is 0. The number of carbonyl (C=O) groups is 1. The zero-order valence-corrected chi connectivity index (χ0v) is 13.2. The minimum Gasteiger partial charge on any atom is -0.373 e. The van der Waals surface area contributed by atoms with E-state index in [2.05, 4.69) is 39.9 Å². The molecule has 21 heavy (non-hydrogen) atoms. The van der Waals surface area contributed by atoms with E-state index in [0.29, 0.717) is 13.0 Å². The average Bonchev–Trinajstić information content (AvgIpc) is 3.01. The van der Waals surface area contributed by atoms with Gasteiger partial charge in [-0.3, -0.25) is 4.79 Å². The highest BCUT2D eigenvalue weighted by molar-refractivity contribution is 7.09. The maximum Gasteiger partial charge on any atom is 0.220 e. The molecule has 0 spiro atoms. The van der Waals surface area contributed by atoms with Crippen LogP contribution in [0.15, 0.2) is 47.8 Å². The zero-order valence-electron chi connectivity index (χ0n) is 12.4. The number of para-hydroxylation sites is 1. The number of carbonyl (C=O) groups excluding carboxylic acids is 1. The van der Waals surface area contributed by atoms with Gasteiger partial charge in [0.15, 0.2) is 0 Å². The molecule has 0 aliphatic carbocycles. The number of hydrogen-bond donors (Lipinski definition) is 1. The first-order valence-corrected chi connectivity index (χ1v) is 8.19. The molecule has 0 aliphatic heterocycles. The number of benzene rings is 1. The van der Waals surface area contributed by atoms with Crippen molar-refractivity contribution < 1.29 is 4.79 Å². The third-order valence-corrected chi connectivity index (χ3v) is 4.31. The van der Waals surface area contributed by atoms with E-state index in [1.807, 2.05) is 25.2 Å². The van der Waals surface area contributed by atoms with E-state index in [1.165, 1.54) is 10.6 Å². The Morgan fingerprint density at radius 3 is 2.71 bits per heavy atom. The van der Waals surface area contributed by atoms with Crippen molar-refractivity contribution in [2.75, 3.05) is 25.0 Å². The quantitative estimate of drug-likeness (QED) is 0.811. The van der Waals surface area contributed by atoms with Gasteiger partial charge in [-0.2, -0.15) is 0 Å². The summed E-state index contributed by atoms with van der Waals surface area (Å²) in [6.07, 6.45) is 2.52. The molecular weight excluding hydrogens is 280 g/mol. The van der Waals surface area contributed by atoms with Gasteiger partial charge in [-0.05, 0) is 36.4 Å². The molecule has 2 rings (SSSR count). The van der Waals surface area contributed by atoms with Crippen LogP contribution in [-0.4, -0.2) is 26.0 Å². The summed E-state index contributed by atoms with van der Waals surface area (Å²) in [5.41, 5.74) is 1.17. The van der Waals surface area contributed by atoms with Gasteiger partial charge in [0.1, 0.15) is 0 Å². The number of likely N-dealkylation sites (N-methyl/N-ethyl adjacent to an activating group) is 1. The molecule has 1 aromatic heterocycles. The Morgan fingerprint density at radius 2 is 2.00 bits per heavy atom. The van der Waals surface area contributed by atoms with Crippen molar-refractivity contribution >= 4 is 22.9 Å². The second kappa shape index (κ2) is 8.47. The van der Waals surface area contributed by atoms with Gasteiger partial charge in [0, 0.05) is 37.1 Å². The molecule has 1 N–H and O–H groups in total. The third-order valence-electron chi connectivity index (χ3n) is 3.37. The van der Waals surface area contributed by atoms with E-state index in [1.54, 1.807) is 11.3 Å². The van der Waals surface area contributed by atoms with Crippen LogP contribution in [-0.2, 0) is 11.2 Å². The van der Waals surface area contributed by atoms with Crippen molar-refractivity contribution in [1.82, 2.24) is 5.32 Å². The van der Waals surface area contributed by atoms with Gasteiger partial charge in [-0.1, -0.05) is 24.3 Å². The third kappa shape index (κ3) is 5.60. The van der Waals surface area contributed by atoms with E-state index in [9.17, 15) is 4.79 Å². The normalized spacial score (nSPS) is 10.3. The zero-order chi connectivity index (χ0) is 14.9. The summed E-state index contributed by atoms with van der Waals surface area (Å²) in [4.78, 5) is 15.3. The Hall–Kier alpha value is -1.81. The van der Waals surface area contributed by atoms with Crippen LogP contribution in [0.2, 0.25) is 0 Å². The second-order valence-electron chi connectivity index (χ2n) is 5.04. The summed E-state index contributed by atoms with van der Waals surface area (Å²) in [6, 6.07) is 14.4. The molecule has 0 saturated heterocycles. The van der Waals surface area contributed by atoms with Crippen molar-refractivity contribution in [3.8, 4) is 0 Å². The predicted octanol–water partition coefficient (Wildman–Crippen LogP) is 3.32. The molecule has 112 valence electrons. The molecule has 2 aromatic rings. The van der Waals surface area contributed by atoms with Gasteiger partial charge in [0.05, 0.1) is 0 Å². The van der Waals surface area contributed by atoms with Crippen LogP contribution in [0.4, 0.5) is 5.69 Å². The lowest BCUT2D eigenvalue weighted by molar-refractivity contribution is -0.121. The molecule has 0 bridgehead atoms. The largest absolute Gasteiger partial charge is 0.373 e. The first kappa shape index (κ1) is 15.6. The predicted molar refractivity (Wildman–Crippen MR) is 90.0 cm³/mol. The highest BCUT2D eigenvalue weighted by Gasteiger charge is 2.03. The van der Waals surface area contributed by atoms with E-state index in [4.69, 9.17) is 0 Å². The molecule has 1 aromatic carbocycles. The van der Waals surface area contributed by atoms with Crippen molar-refractivity contribution in [2.24, 2.45) is 0 Å². The first-order chi connectivity index (χ1) is 10.3. The number of nitrogens with one attached hydrogen (secondary N) is 1. The van der Waals surface area contributed by atoms with Gasteiger partial charge in [0.25, 0.3) is 0 Å². The molecule has 0 atom stereocenters. The van der Waals surface area contributed by atoms with E-state index in [-0.39, 0.29) is 5.91 Å². The Balaban J connectivity index is 1.58. The van der Waals surface area contributed by atoms with Crippen LogP contribution in [0.5, 0.6) is 0 Å². The maximum atomic E-state index is 11.8. The van der Waals surface area contributed by atoms with Gasteiger partial charge < -0.3 is 10.2 Å². The first-order valence-electron chi connectivity index (χ1n) is 7.31. The summed E-state index contributed by atoms with van der Waals surface area (Å²) >= 11 is 1.76. The van der Waals surface area contributed by atoms with Gasteiger partial charge >= 0.3 is 0 Å². The summed E-state index contributed by atoms with van der Waals surface area (Å²) in [7, 11) is 2.04. The summed E-state index contributed by atoms with van der Waals surface area (Å²) in [5, 5.41) is 5.06. The fourth-order valence-corrected chi connectivity index (χ4v) is 2.89. The van der Waals surface area contributed by atoms with E-state index >= 15 is 0 Å². The fraction of sp³-hybridized carbons (Fsp3) is 0.353. The highest BCUT2D eigenvalue weighted by atomic mass is 32.1. The standard InChI is InChI=1S/C17H22N2OS/c1-19(15-7-3-2-4-8-15)13-12-18-17(20)11-5-9-16-10-6-14-21-16/h2-4,6-8,10,14H,5,9,11-13H2,1H3,(H,18,20). The van der Waals surface area contributed by atoms with Crippen LogP contribution >= 0.6 is 11.3 Å². The molecule has 0 aliphatic rings. The molecule has 0 radical (unpaired) electrons. The van der Waals surface area contributed by atoms with E-state index < -0.39 is 0 Å². The number of amides is 1. The second-order valence-corrected chi connectivity index (χ2v) is 6.07. The SMILES string of the molecule is CN(CCNC(=O)CCCc1cccs1)c1ccccc1. The Kier molecular flexibility index (Phi) is 6.28. The molecule has 0 unspecified atom stereocenters. The van der Waals surface area contributed by atoms with E-state index in [0.717, 1.165) is 19.4 Å². The minimum atomic E-state index is 0.146. The van der Waals surface area contributed by atoms with Gasteiger partial charge in [0.2, 0.25) is 5.91 Å². The minimum absolute atomic E-state index is 0.146. The number of hydrogen-bond acceptors (Lipinski definition) is 3. The average molecular weight is 302 g/mol. The summed E-state index contributed by atoms with van der Waals surface area (Å²) in [6.45, 7) is 1.50. The van der Waals surface area contributed by atoms with Crippen molar-refractivity contribution in [1.29, 1.82) is 0 Å². The fourth-order valence-electron chi connectivity index (χ4n) is 2.14. The number of rotatable bonds is 8. The topological polar surface area (TPSA) is 32.3 Å². The molecule has 4 heteroatoms. The smallest absolute Gasteiger partial charge is 0.220 e. The van der Waals surface area contributed by atoms with Crippen LogP contribution in [0.25, 0.3) is 0 Å². The number of nitrogens with zero attached hydrogens (tertiary/aromatic N) is 1. The lowest BCUT2D eigenvalue weighted by atomic mass is 10.2.